The number of hydrogen-bond donors (Lipinski definition) is 3. The van der Waals surface area contributed by atoms with Gasteiger partial charge in [0, 0.05) is 128 Å². The number of fused-ring (bicyclic) bond motifs is 2. The van der Waals surface area contributed by atoms with Gasteiger partial charge >= 0.3 is 0 Å². The minimum Gasteiger partial charge on any atom is -0.392 e. The Morgan fingerprint density at radius 2 is 0.990 bits per heavy atom. The van der Waals surface area contributed by atoms with E-state index in [2.05, 4.69) is 240 Å². The van der Waals surface area contributed by atoms with Crippen molar-refractivity contribution in [2.75, 3.05) is 134 Å². The fourth-order valence-electron chi connectivity index (χ4n) is 12.4. The molecule has 0 unspecified atom stereocenters. The summed E-state index contributed by atoms with van der Waals surface area (Å²) >= 11 is 15.7. The van der Waals surface area contributed by atoms with E-state index in [1.807, 2.05) is 43.3 Å². The summed E-state index contributed by atoms with van der Waals surface area (Å²) in [4.78, 5) is 11.7. The molecule has 7 aromatic rings. The summed E-state index contributed by atoms with van der Waals surface area (Å²) in [5.41, 5.74) is 16.1. The Balaban J connectivity index is 0.000000182. The third-order valence-electron chi connectivity index (χ3n) is 18.4. The van der Waals surface area contributed by atoms with Gasteiger partial charge in [0.25, 0.3) is 0 Å². The molecule has 23 heteroatoms. The van der Waals surface area contributed by atoms with Crippen LogP contribution in [-0.4, -0.2) is 187 Å². The van der Waals surface area contributed by atoms with Crippen molar-refractivity contribution >= 4 is 124 Å². The molecule has 4 atom stereocenters. The van der Waals surface area contributed by atoms with Crippen LogP contribution in [0.3, 0.4) is 0 Å². The third-order valence-corrected chi connectivity index (χ3v) is 22.7. The van der Waals surface area contributed by atoms with Crippen molar-refractivity contribution in [3.05, 3.63) is 225 Å². The van der Waals surface area contributed by atoms with Gasteiger partial charge in [-0.1, -0.05) is 147 Å². The number of β-amino-alcohol motifs (C(OH)–C–C–N with tert-alkyl or cyclic N) is 2. The molecule has 0 spiro atoms. The minimum atomic E-state index is -3.37. The van der Waals surface area contributed by atoms with Crippen LogP contribution in [0.2, 0.25) is 0 Å². The highest BCUT2D eigenvalue weighted by atomic mass is 127. The van der Waals surface area contributed by atoms with Crippen molar-refractivity contribution in [3.63, 3.8) is 0 Å². The summed E-state index contributed by atoms with van der Waals surface area (Å²) in [6.45, 7) is 14.5. The first-order valence-corrected chi connectivity index (χ1v) is 41.9. The molecule has 105 heavy (non-hydrogen) atoms. The fourth-order valence-corrected chi connectivity index (χ4v) is 15.1. The van der Waals surface area contributed by atoms with Crippen LogP contribution < -0.4 is 20.0 Å². The number of rotatable bonds is 20. The lowest BCUT2D eigenvalue weighted by atomic mass is 9.86. The molecule has 572 valence electrons. The second kappa shape index (κ2) is 46.9. The van der Waals surface area contributed by atoms with Crippen molar-refractivity contribution in [2.45, 2.75) is 127 Å². The average molecular weight is 1830 g/mol. The lowest BCUT2D eigenvalue weighted by molar-refractivity contribution is -0.149. The monoisotopic (exact) mass is 1830 g/mol. The molecule has 2 aliphatic carbocycles. The van der Waals surface area contributed by atoms with E-state index < -0.39 is 9.84 Å². The normalized spacial score (nSPS) is 18.4. The molecule has 0 amide bonds. The van der Waals surface area contributed by atoms with Crippen molar-refractivity contribution < 1.29 is 56.5 Å². The number of hydrogen-bond acceptors (Lipinski definition) is 17. The summed E-state index contributed by atoms with van der Waals surface area (Å²) in [5, 5.41) is 21.8. The first-order valence-electron chi connectivity index (χ1n) is 35.7. The Morgan fingerprint density at radius 3 is 1.42 bits per heavy atom. The van der Waals surface area contributed by atoms with E-state index in [1.54, 1.807) is 54.8 Å². The maximum atomic E-state index is 12.4. The number of methoxy groups -OCH3 is 6. The third kappa shape index (κ3) is 30.0. The number of anilines is 3. The molecule has 13 rings (SSSR count). The van der Waals surface area contributed by atoms with Crippen LogP contribution in [0.25, 0.3) is 5.57 Å². The van der Waals surface area contributed by atoms with Crippen molar-refractivity contribution in [1.29, 1.82) is 0 Å². The van der Waals surface area contributed by atoms with Gasteiger partial charge in [0.1, 0.15) is 5.88 Å². The van der Waals surface area contributed by atoms with Crippen LogP contribution in [0.15, 0.2) is 187 Å². The Hall–Kier alpha value is -4.49. The lowest BCUT2D eigenvalue weighted by Crippen LogP contribution is -2.27. The maximum Gasteiger partial charge on any atom is 0.198 e. The number of benzene rings is 7. The highest BCUT2D eigenvalue weighted by Crippen LogP contribution is 2.35. The number of nitrogens with zero attached hydrogens (tertiary/aromatic N) is 4. The number of halogens is 5. The summed E-state index contributed by atoms with van der Waals surface area (Å²) in [6.07, 6.45) is 11.0. The molecule has 0 radical (unpaired) electrons. The number of alkyl halides is 1. The van der Waals surface area contributed by atoms with E-state index in [9.17, 15) is 13.5 Å². The highest BCUT2D eigenvalue weighted by Gasteiger charge is 2.27. The molecule has 6 aliphatic rings. The van der Waals surface area contributed by atoms with Crippen molar-refractivity contribution in [2.24, 2.45) is 4.99 Å². The molecule has 4 heterocycles. The molecule has 4 saturated heterocycles. The fraction of sp³-hybridized carbons (Fsp3) is 0.451. The van der Waals surface area contributed by atoms with Gasteiger partial charge in [0.15, 0.2) is 28.7 Å². The molecular weight excluding hydrogens is 1730 g/mol. The molecule has 0 aromatic heterocycles. The van der Waals surface area contributed by atoms with Crippen LogP contribution >= 0.6 is 86.3 Å². The number of aliphatic hydroxyl groups is 2. The molecule has 7 aromatic carbocycles. The van der Waals surface area contributed by atoms with E-state index in [1.165, 1.54) is 59.6 Å². The number of aryl methyl sites for hydroxylation is 5. The SMILES string of the molecule is Brc1ccc(I)cc1.COC(CBr)OC.COC(CO[C@H]1CCN(c2ccc(Br)cc2)C1)OC.COC(CO[C@H]1CCN(c2ccc(C3=CCCc4cc(C)ccc43)cc2)C1)OC.Cc1ccc(S(=O)(=O)CN=C2CCCc3cc(C)ccc32)cc1.O[C@H]1CCN(c2ccc(Br)cc2)C1.O[C@H]1CCNC1. The van der Waals surface area contributed by atoms with Gasteiger partial charge in [-0.3, -0.25) is 4.99 Å². The summed E-state index contributed by atoms with van der Waals surface area (Å²) in [6, 6.07) is 53.9. The van der Waals surface area contributed by atoms with Crippen molar-refractivity contribution in [3.8, 4) is 0 Å². The predicted octanol–water partition coefficient (Wildman–Crippen LogP) is 16.5. The van der Waals surface area contributed by atoms with E-state index in [-0.39, 0.29) is 49.2 Å². The Kier molecular flexibility index (Phi) is 39.2. The molecule has 0 bridgehead atoms. The Bertz CT molecular complexity index is 3800. The smallest absolute Gasteiger partial charge is 0.198 e. The standard InChI is InChI=1S/C25H31NO3.C19H21NO2S.C14H20BrNO3.C10H12BrNO.C6H4BrI.C4H9BrO2.C4H9NO/c1-18-7-12-24-20(15-18)5-4-6-23(24)19-8-10-21(11-9-19)26-14-13-22(16-26)29-17-25(27-2)28-3;1-14-6-9-17(10-7-14)23(21,22)13-20-19-5-3-4-16-12-15(2)8-11-18(16)19;1-17-14(18-2)10-19-13-7-8-16(9-13)12-5-3-11(15)4-6-12;11-8-1-3-9(4-2-8)12-6-5-10(13)7-12;7-5-1-3-6(8)4-2-5;1-6-4(3-5)7-2;6-4-1-2-5-3-4/h6-12,15,22,25H,4-5,13-14,16-17H2,1-3H3;6-12H,3-5,13H2,1-2H3;3-6,13-14H,7-10H2,1-2H3;1-4,10,13H,5-7H2;1-4H;4H,3H2,1-2H3;4-6H,1-3H2/t22-;;13-;10-;;;4-/m0.00..0/s1. The maximum absolute atomic E-state index is 12.4. The van der Waals surface area contributed by atoms with Crippen molar-refractivity contribution in [1.82, 2.24) is 5.32 Å². The summed E-state index contributed by atoms with van der Waals surface area (Å²) in [5.74, 6) is -0.182. The van der Waals surface area contributed by atoms with Gasteiger partial charge in [0.05, 0.1) is 47.9 Å². The van der Waals surface area contributed by atoms with Gasteiger partial charge in [-0.25, -0.2) is 8.42 Å². The number of nitrogens with one attached hydrogen (secondary N) is 1. The van der Waals surface area contributed by atoms with Gasteiger partial charge in [-0.2, -0.15) is 0 Å². The molecule has 4 aliphatic heterocycles. The van der Waals surface area contributed by atoms with E-state index in [0.29, 0.717) is 18.1 Å². The van der Waals surface area contributed by atoms with E-state index >= 15 is 0 Å². The summed E-state index contributed by atoms with van der Waals surface area (Å²) in [7, 11) is 6.37. The molecule has 0 saturated carbocycles. The first-order chi connectivity index (χ1) is 50.6. The second-order valence-electron chi connectivity index (χ2n) is 26.2. The largest absolute Gasteiger partial charge is 0.392 e. The zero-order valence-electron chi connectivity index (χ0n) is 62.0. The highest BCUT2D eigenvalue weighted by molar-refractivity contribution is 14.1. The zero-order valence-corrected chi connectivity index (χ0v) is 71.4. The zero-order chi connectivity index (χ0) is 75.7. The quantitative estimate of drug-likeness (QED) is 0.0372. The number of aliphatic imine (C=N–C) groups is 1. The first kappa shape index (κ1) is 87.7. The van der Waals surface area contributed by atoms with Gasteiger partial charge in [-0.15, -0.1) is 0 Å². The Morgan fingerprint density at radius 1 is 0.533 bits per heavy atom. The van der Waals surface area contributed by atoms with Crippen LogP contribution in [0.4, 0.5) is 17.1 Å². The molecule has 17 nitrogen and oxygen atoms in total. The van der Waals surface area contributed by atoms with E-state index in [4.69, 9.17) is 43.0 Å². The van der Waals surface area contributed by atoms with Gasteiger partial charge in [0.2, 0.25) is 0 Å². The predicted molar refractivity (Wildman–Crippen MR) is 449 cm³/mol. The number of ether oxygens (including phenoxy) is 8. The van der Waals surface area contributed by atoms with Crippen LogP contribution in [0.5, 0.6) is 0 Å². The number of allylic oxidation sites excluding steroid dienone is 1. The Labute approximate surface area is 671 Å². The van der Waals surface area contributed by atoms with Gasteiger partial charge in [-0.05, 0) is 238 Å². The number of sulfone groups is 1. The van der Waals surface area contributed by atoms with E-state index in [0.717, 1.165) is 146 Å². The number of aliphatic hydroxyl groups excluding tert-OH is 2. The van der Waals surface area contributed by atoms with Crippen LogP contribution in [-0.2, 0) is 60.6 Å². The van der Waals surface area contributed by atoms with Crippen LogP contribution in [0, 0.1) is 24.3 Å². The van der Waals surface area contributed by atoms with Gasteiger partial charge < -0.3 is 68.1 Å². The molecular formula is C82H106Br4IN5O12S. The summed E-state index contributed by atoms with van der Waals surface area (Å²) < 4.78 is 71.5. The minimum absolute atomic E-state index is 0.0648. The second-order valence-corrected chi connectivity index (χ2v) is 32.8. The molecule has 4 fully saturated rings. The van der Waals surface area contributed by atoms with Crippen LogP contribution in [0.1, 0.15) is 89.5 Å². The lowest BCUT2D eigenvalue weighted by Gasteiger charge is -2.22. The molecule has 3 N–H and O–H groups in total. The average Bonchev–Trinajstić information content (AvgIpc) is 1.57. The topological polar surface area (TPSA) is 183 Å².